The van der Waals surface area contributed by atoms with Gasteiger partial charge in [-0.2, -0.15) is 0 Å². The quantitative estimate of drug-likeness (QED) is 0.784. The third-order valence-electron chi connectivity index (χ3n) is 4.05. The summed E-state index contributed by atoms with van der Waals surface area (Å²) in [4.78, 5) is 30.1. The third-order valence-corrected chi connectivity index (χ3v) is 4.05. The Balaban J connectivity index is 2.15. The number of carbonyl (C=O) groups excluding carboxylic acids is 2. The molecule has 0 radical (unpaired) electrons. The van der Waals surface area contributed by atoms with Gasteiger partial charge in [0.2, 0.25) is 5.91 Å². The number of aliphatic hydroxyl groups is 1. The average Bonchev–Trinajstić information content (AvgIpc) is 2.75. The van der Waals surface area contributed by atoms with Crippen LogP contribution < -0.4 is 0 Å². The maximum absolute atomic E-state index is 12.5. The zero-order valence-electron chi connectivity index (χ0n) is 14.1. The van der Waals surface area contributed by atoms with E-state index in [1.54, 1.807) is 14.1 Å². The summed E-state index contributed by atoms with van der Waals surface area (Å²) in [6, 6.07) is -0.594. The highest BCUT2D eigenvalue weighted by Gasteiger charge is 2.48. The van der Waals surface area contributed by atoms with E-state index in [0.717, 1.165) is 6.42 Å². The maximum Gasteiger partial charge on any atom is 0.411 e. The van der Waals surface area contributed by atoms with E-state index in [4.69, 9.17) is 4.74 Å². The molecule has 0 unspecified atom stereocenters. The van der Waals surface area contributed by atoms with Crippen LogP contribution in [0.1, 0.15) is 27.2 Å². The first kappa shape index (κ1) is 17.0. The molecule has 1 N–H and O–H groups in total. The average molecular weight is 313 g/mol. The van der Waals surface area contributed by atoms with Gasteiger partial charge in [0.1, 0.15) is 11.6 Å². The summed E-state index contributed by atoms with van der Waals surface area (Å²) < 4.78 is 5.43. The molecule has 2 fully saturated rings. The number of carbonyl (C=O) groups is 2. The molecule has 0 saturated carbocycles. The Bertz CT molecular complexity index is 441. The number of likely N-dealkylation sites (tertiary alicyclic amines) is 2. The van der Waals surface area contributed by atoms with Gasteiger partial charge in [-0.1, -0.05) is 0 Å². The molecule has 0 spiro atoms. The minimum absolute atomic E-state index is 0.0502. The second-order valence-corrected chi connectivity index (χ2v) is 7.31. The van der Waals surface area contributed by atoms with Gasteiger partial charge in [-0.15, -0.1) is 0 Å². The van der Waals surface area contributed by atoms with Crippen LogP contribution in [0.5, 0.6) is 0 Å². The van der Waals surface area contributed by atoms with Crippen LogP contribution in [0.4, 0.5) is 4.79 Å². The molecule has 2 atom stereocenters. The first-order valence-electron chi connectivity index (χ1n) is 7.73. The van der Waals surface area contributed by atoms with Crippen molar-refractivity contribution in [2.24, 2.45) is 0 Å². The van der Waals surface area contributed by atoms with Crippen molar-refractivity contribution in [3.05, 3.63) is 0 Å². The van der Waals surface area contributed by atoms with Crippen LogP contribution in [0, 0.1) is 0 Å². The van der Waals surface area contributed by atoms with Gasteiger partial charge in [0, 0.05) is 39.8 Å². The van der Waals surface area contributed by atoms with Gasteiger partial charge in [0.05, 0.1) is 6.10 Å². The lowest BCUT2D eigenvalue weighted by atomic mass is 10.0. The Morgan fingerprint density at radius 3 is 2.27 bits per heavy atom. The van der Waals surface area contributed by atoms with Crippen LogP contribution in [0.15, 0.2) is 0 Å². The molecule has 0 aromatic carbocycles. The lowest BCUT2D eigenvalue weighted by Crippen LogP contribution is -2.62. The second-order valence-electron chi connectivity index (χ2n) is 7.31. The first-order chi connectivity index (χ1) is 10.1. The number of rotatable bonds is 2. The number of amides is 2. The second kappa shape index (κ2) is 6.04. The smallest absolute Gasteiger partial charge is 0.411 e. The predicted molar refractivity (Wildman–Crippen MR) is 81.4 cm³/mol. The lowest BCUT2D eigenvalue weighted by Gasteiger charge is -2.43. The summed E-state index contributed by atoms with van der Waals surface area (Å²) in [5.41, 5.74) is -0.589. The molecule has 7 heteroatoms. The number of hydrogen-bond acceptors (Lipinski definition) is 5. The van der Waals surface area contributed by atoms with E-state index in [1.807, 2.05) is 20.8 Å². The van der Waals surface area contributed by atoms with E-state index in [9.17, 15) is 14.7 Å². The van der Waals surface area contributed by atoms with Crippen molar-refractivity contribution in [1.82, 2.24) is 14.7 Å². The molecular formula is C15H27N3O4. The summed E-state index contributed by atoms with van der Waals surface area (Å²) in [6.45, 7) is 7.05. The van der Waals surface area contributed by atoms with Gasteiger partial charge in [-0.05, 0) is 27.2 Å². The van der Waals surface area contributed by atoms with Crippen molar-refractivity contribution in [3.8, 4) is 0 Å². The lowest BCUT2D eigenvalue weighted by molar-refractivity contribution is -0.136. The monoisotopic (exact) mass is 313 g/mol. The van der Waals surface area contributed by atoms with Crippen molar-refractivity contribution in [2.75, 3.05) is 33.7 Å². The number of nitrogens with zero attached hydrogens (tertiary/aromatic N) is 3. The highest BCUT2D eigenvalue weighted by atomic mass is 16.6. The summed E-state index contributed by atoms with van der Waals surface area (Å²) in [7, 11) is 3.38. The Kier molecular flexibility index (Phi) is 4.67. The Hall–Kier alpha value is -1.34. The van der Waals surface area contributed by atoms with Crippen LogP contribution in [0.25, 0.3) is 0 Å². The van der Waals surface area contributed by atoms with Crippen molar-refractivity contribution in [3.63, 3.8) is 0 Å². The Morgan fingerprint density at radius 1 is 1.23 bits per heavy atom. The number of likely N-dealkylation sites (N-methyl/N-ethyl adjacent to an activating group) is 1. The van der Waals surface area contributed by atoms with Crippen LogP contribution in [0.3, 0.4) is 0 Å². The summed E-state index contributed by atoms with van der Waals surface area (Å²) in [6.07, 6.45) is -0.0575. The highest BCUT2D eigenvalue weighted by molar-refractivity contribution is 5.87. The first-order valence-corrected chi connectivity index (χ1v) is 7.73. The van der Waals surface area contributed by atoms with Gasteiger partial charge in [0.15, 0.2) is 0 Å². The molecule has 2 amide bonds. The molecule has 2 aliphatic rings. The minimum Gasteiger partial charge on any atom is -0.444 e. The normalized spacial score (nSPS) is 26.7. The van der Waals surface area contributed by atoms with Crippen LogP contribution >= 0.6 is 0 Å². The fourth-order valence-corrected chi connectivity index (χ4v) is 3.00. The van der Waals surface area contributed by atoms with Gasteiger partial charge in [-0.25, -0.2) is 4.79 Å². The molecule has 0 bridgehead atoms. The molecule has 0 aliphatic carbocycles. The number of β-amino-alcohol motifs (C(OH)–C–C–N with tert-alkyl or cyclic N) is 1. The summed E-state index contributed by atoms with van der Waals surface area (Å²) in [5.74, 6) is -0.102. The largest absolute Gasteiger partial charge is 0.444 e. The van der Waals surface area contributed by atoms with E-state index in [2.05, 4.69) is 4.90 Å². The van der Waals surface area contributed by atoms with E-state index >= 15 is 0 Å². The van der Waals surface area contributed by atoms with Gasteiger partial charge < -0.3 is 14.7 Å². The van der Waals surface area contributed by atoms with Crippen LogP contribution in [-0.2, 0) is 9.53 Å². The van der Waals surface area contributed by atoms with Gasteiger partial charge in [-0.3, -0.25) is 14.6 Å². The summed E-state index contributed by atoms with van der Waals surface area (Å²) >= 11 is 0. The van der Waals surface area contributed by atoms with Crippen LogP contribution in [0.2, 0.25) is 0 Å². The van der Waals surface area contributed by atoms with Crippen molar-refractivity contribution < 1.29 is 19.4 Å². The Morgan fingerprint density at radius 2 is 1.82 bits per heavy atom. The molecule has 126 valence electrons. The van der Waals surface area contributed by atoms with Gasteiger partial charge >= 0.3 is 6.09 Å². The minimum atomic E-state index is -0.589. The fraction of sp³-hybridized carbons (Fsp3) is 0.867. The zero-order chi connectivity index (χ0) is 16.7. The van der Waals surface area contributed by atoms with E-state index in [1.165, 1.54) is 9.80 Å². The standard InChI is InChI=1S/C15H27N3O4/c1-15(2,3)22-14(21)18-7-6-11(17-8-10(19)9-17)12(18)13(20)16(4)5/h10-12,19H,6-9H2,1-5H3/t11-,12+/m0/s1. The van der Waals surface area contributed by atoms with Crippen molar-refractivity contribution in [2.45, 2.75) is 51.0 Å². The fourth-order valence-electron chi connectivity index (χ4n) is 3.00. The number of hydrogen-bond donors (Lipinski definition) is 1. The predicted octanol–water partition coefficient (Wildman–Crippen LogP) is 0.129. The maximum atomic E-state index is 12.5. The molecule has 2 saturated heterocycles. The molecule has 22 heavy (non-hydrogen) atoms. The third kappa shape index (κ3) is 3.52. The molecule has 2 heterocycles. The van der Waals surface area contributed by atoms with E-state index in [-0.39, 0.29) is 18.1 Å². The Labute approximate surface area is 131 Å². The molecule has 7 nitrogen and oxygen atoms in total. The van der Waals surface area contributed by atoms with Crippen molar-refractivity contribution >= 4 is 12.0 Å². The molecule has 2 aliphatic heterocycles. The number of aliphatic hydroxyl groups excluding tert-OH is 1. The van der Waals surface area contributed by atoms with Crippen LogP contribution in [-0.4, -0.2) is 89.3 Å². The molecular weight excluding hydrogens is 286 g/mol. The van der Waals surface area contributed by atoms with E-state index < -0.39 is 17.7 Å². The zero-order valence-corrected chi connectivity index (χ0v) is 14.1. The number of ether oxygens (including phenoxy) is 1. The molecule has 0 aromatic heterocycles. The molecule has 0 aromatic rings. The molecule has 2 rings (SSSR count). The topological polar surface area (TPSA) is 73.3 Å². The van der Waals surface area contributed by atoms with E-state index in [0.29, 0.717) is 19.6 Å². The summed E-state index contributed by atoms with van der Waals surface area (Å²) in [5, 5.41) is 9.50. The SMILES string of the molecule is CN(C)C(=O)[C@H]1[C@@H](N2CC(O)C2)CCN1C(=O)OC(C)(C)C. The van der Waals surface area contributed by atoms with Gasteiger partial charge in [0.25, 0.3) is 0 Å². The highest BCUT2D eigenvalue weighted by Crippen LogP contribution is 2.29. The van der Waals surface area contributed by atoms with Crippen molar-refractivity contribution in [1.29, 1.82) is 0 Å².